The van der Waals surface area contributed by atoms with E-state index in [1.54, 1.807) is 0 Å². The molecule has 0 aliphatic rings. The molecule has 0 aromatic carbocycles. The second-order valence-electron chi connectivity index (χ2n) is 0.0505. The molecule has 0 bridgehead atoms. The Bertz CT molecular complexity index is 8.75. The van der Waals surface area contributed by atoms with Gasteiger partial charge in [-0.3, -0.25) is 0 Å². The van der Waals surface area contributed by atoms with E-state index in [4.69, 9.17) is 20.2 Å². The third-order valence-electron chi connectivity index (χ3n) is 0. The van der Waals surface area contributed by atoms with Crippen molar-refractivity contribution in [2.75, 3.05) is 0 Å². The molecular formula is H6Cl2FeO3. The molecule has 6 heavy (non-hydrogen) atoms. The monoisotopic (exact) mass is 180 g/mol. The van der Waals surface area contributed by atoms with E-state index in [0.29, 0.717) is 0 Å². The first-order chi connectivity index (χ1) is 1.41. The van der Waals surface area contributed by atoms with Crippen LogP contribution in [0.2, 0.25) is 0 Å². The van der Waals surface area contributed by atoms with Crippen LogP contribution in [0.4, 0.5) is 0 Å². The van der Waals surface area contributed by atoms with Crippen molar-refractivity contribution in [2.45, 2.75) is 0 Å². The fraction of sp³-hybridized carbons (Fsp3) is 0. The van der Waals surface area contributed by atoms with Crippen molar-refractivity contribution < 1.29 is 29.6 Å². The molecule has 0 saturated heterocycles. The van der Waals surface area contributed by atoms with Gasteiger partial charge in [0.1, 0.15) is 0 Å². The first-order valence-electron chi connectivity index (χ1n) is 0.267. The summed E-state index contributed by atoms with van der Waals surface area (Å²) in [4.78, 5) is 0. The Morgan fingerprint density at radius 2 is 0.833 bits per heavy atom. The van der Waals surface area contributed by atoms with E-state index in [1.807, 2.05) is 0 Å². The first kappa shape index (κ1) is 28.1. The summed E-state index contributed by atoms with van der Waals surface area (Å²) in [6.07, 6.45) is 0. The molecule has 0 rings (SSSR count). The molecule has 0 amide bonds. The van der Waals surface area contributed by atoms with E-state index in [1.165, 1.54) is 0 Å². The van der Waals surface area contributed by atoms with Gasteiger partial charge in [0.05, 0.1) is 0 Å². The van der Waals surface area contributed by atoms with E-state index < -0.39 is 0 Å². The predicted octanol–water partition coefficient (Wildman–Crippen LogP) is -1.10. The van der Waals surface area contributed by atoms with E-state index in [9.17, 15) is 0 Å². The van der Waals surface area contributed by atoms with Crippen molar-refractivity contribution in [3.63, 3.8) is 0 Å². The summed E-state index contributed by atoms with van der Waals surface area (Å²) < 4.78 is 0. The Labute approximate surface area is 50.2 Å². The standard InChI is InChI=1S/2ClH.Fe.3H2O/h2*1H;;3*1H2/q;;+2;;;/p-2. The SMILES string of the molecule is O.O.O.[Cl][Fe][Cl]. The summed E-state index contributed by atoms with van der Waals surface area (Å²) in [5, 5.41) is 0. The van der Waals surface area contributed by atoms with Crippen LogP contribution in [0.15, 0.2) is 0 Å². The van der Waals surface area contributed by atoms with Gasteiger partial charge >= 0.3 is 33.3 Å². The summed E-state index contributed by atoms with van der Waals surface area (Å²) in [7, 11) is 9.53. The zero-order valence-corrected chi connectivity index (χ0v) is 5.23. The molecule has 0 radical (unpaired) electrons. The Kier molecular flexibility index (Phi) is 177. The quantitative estimate of drug-likeness (QED) is 0.424. The van der Waals surface area contributed by atoms with Crippen LogP contribution < -0.4 is 0 Å². The van der Waals surface area contributed by atoms with Crippen molar-refractivity contribution in [3.8, 4) is 0 Å². The van der Waals surface area contributed by atoms with Gasteiger partial charge in [-0.25, -0.2) is 0 Å². The van der Waals surface area contributed by atoms with Crippen LogP contribution >= 0.6 is 20.2 Å². The average Bonchev–Trinajstić information content (AvgIpc) is 0.918. The number of hydrogen-bond donors (Lipinski definition) is 0. The molecule has 0 spiro atoms. The van der Waals surface area contributed by atoms with Crippen LogP contribution in [-0.4, -0.2) is 16.4 Å². The fourth-order valence-corrected chi connectivity index (χ4v) is 0. The molecule has 3 nitrogen and oxygen atoms in total. The molecule has 0 unspecified atom stereocenters. The molecule has 0 aromatic heterocycles. The van der Waals surface area contributed by atoms with Crippen LogP contribution in [0.25, 0.3) is 0 Å². The molecular weight excluding hydrogens is 175 g/mol. The molecule has 46 valence electrons. The summed E-state index contributed by atoms with van der Waals surface area (Å²) in [5.41, 5.74) is 0. The van der Waals surface area contributed by atoms with Crippen LogP contribution in [0.1, 0.15) is 0 Å². The van der Waals surface area contributed by atoms with Gasteiger partial charge in [-0.05, 0) is 0 Å². The van der Waals surface area contributed by atoms with E-state index in [0.717, 1.165) is 0 Å². The van der Waals surface area contributed by atoms with Crippen LogP contribution in [0.5, 0.6) is 0 Å². The Balaban J connectivity index is -0.00000000667. The normalized spacial score (nSPS) is 3.67. The Morgan fingerprint density at radius 3 is 0.833 bits per heavy atom. The zero-order chi connectivity index (χ0) is 2.71. The molecule has 0 atom stereocenters. The van der Waals surface area contributed by atoms with Gasteiger partial charge in [0.25, 0.3) is 0 Å². The molecule has 0 heterocycles. The molecule has 0 fully saturated rings. The van der Waals surface area contributed by atoms with Crippen LogP contribution in [-0.2, 0) is 13.1 Å². The topological polar surface area (TPSA) is 94.5 Å². The molecule has 0 aliphatic heterocycles. The van der Waals surface area contributed by atoms with Gasteiger partial charge in [-0.1, -0.05) is 0 Å². The van der Waals surface area contributed by atoms with Crippen molar-refractivity contribution in [1.29, 1.82) is 0 Å². The molecule has 0 aromatic rings. The summed E-state index contributed by atoms with van der Waals surface area (Å²) >= 11 is 0.194. The van der Waals surface area contributed by atoms with Crippen molar-refractivity contribution in [2.24, 2.45) is 0 Å². The van der Waals surface area contributed by atoms with Crippen molar-refractivity contribution in [3.05, 3.63) is 0 Å². The maximum atomic E-state index is 4.76. The Hall–Kier alpha value is 0.979. The van der Waals surface area contributed by atoms with Crippen LogP contribution in [0.3, 0.4) is 0 Å². The average molecular weight is 181 g/mol. The third kappa shape index (κ3) is 82.2. The van der Waals surface area contributed by atoms with Gasteiger partial charge < -0.3 is 16.4 Å². The second kappa shape index (κ2) is 37.8. The number of rotatable bonds is 0. The Morgan fingerprint density at radius 1 is 0.833 bits per heavy atom. The van der Waals surface area contributed by atoms with Crippen molar-refractivity contribution in [1.82, 2.24) is 0 Å². The summed E-state index contributed by atoms with van der Waals surface area (Å²) in [6.45, 7) is 0. The predicted molar refractivity (Wildman–Crippen MR) is 22.5 cm³/mol. The fourth-order valence-electron chi connectivity index (χ4n) is 0. The van der Waals surface area contributed by atoms with E-state index >= 15 is 0 Å². The van der Waals surface area contributed by atoms with Gasteiger partial charge in [-0.2, -0.15) is 0 Å². The maximum absolute atomic E-state index is 4.76. The minimum atomic E-state index is 0. The first-order valence-corrected chi connectivity index (χ1v) is 3.31. The summed E-state index contributed by atoms with van der Waals surface area (Å²) in [5.74, 6) is 0. The third-order valence-corrected chi connectivity index (χ3v) is 0. The molecule has 6 heteroatoms. The molecule has 6 N–H and O–H groups in total. The zero-order valence-electron chi connectivity index (χ0n) is 2.61. The number of halogens is 2. The van der Waals surface area contributed by atoms with Gasteiger partial charge in [0.2, 0.25) is 0 Å². The molecule has 0 saturated carbocycles. The van der Waals surface area contributed by atoms with Crippen LogP contribution in [0, 0.1) is 0 Å². The molecule has 0 aliphatic carbocycles. The van der Waals surface area contributed by atoms with E-state index in [-0.39, 0.29) is 29.6 Å². The van der Waals surface area contributed by atoms with E-state index in [2.05, 4.69) is 0 Å². The van der Waals surface area contributed by atoms with Gasteiger partial charge in [-0.15, -0.1) is 0 Å². The van der Waals surface area contributed by atoms with Gasteiger partial charge in [0, 0.05) is 0 Å². The van der Waals surface area contributed by atoms with Crippen molar-refractivity contribution >= 4 is 20.2 Å². The second-order valence-corrected chi connectivity index (χ2v) is 1.87. The van der Waals surface area contributed by atoms with Gasteiger partial charge in [0.15, 0.2) is 0 Å². The number of hydrogen-bond acceptors (Lipinski definition) is 0. The summed E-state index contributed by atoms with van der Waals surface area (Å²) in [6, 6.07) is 0. The minimum absolute atomic E-state index is 0.